The molecule has 0 bridgehead atoms. The largest absolute Gasteiger partial charge is 0.278 e. The fourth-order valence-electron chi connectivity index (χ4n) is 1.80. The van der Waals surface area contributed by atoms with Crippen molar-refractivity contribution in [1.82, 2.24) is 4.98 Å². The second-order valence-electron chi connectivity index (χ2n) is 4.46. The van der Waals surface area contributed by atoms with E-state index in [1.807, 2.05) is 6.07 Å². The van der Waals surface area contributed by atoms with Crippen LogP contribution in [-0.4, -0.2) is 13.4 Å². The molecule has 0 saturated heterocycles. The summed E-state index contributed by atoms with van der Waals surface area (Å²) in [6.07, 6.45) is 0. The molecule has 1 heterocycles. The maximum atomic E-state index is 12.4. The van der Waals surface area contributed by atoms with E-state index in [1.54, 1.807) is 32.0 Å². The number of sulfonamides is 1. The Labute approximate surface area is 128 Å². The van der Waals surface area contributed by atoms with Gasteiger partial charge in [-0.2, -0.15) is 5.26 Å². The van der Waals surface area contributed by atoms with Crippen LogP contribution in [-0.2, 0) is 10.0 Å². The van der Waals surface area contributed by atoms with E-state index in [1.165, 1.54) is 12.1 Å². The highest BCUT2D eigenvalue weighted by molar-refractivity contribution is 7.92. The van der Waals surface area contributed by atoms with Gasteiger partial charge in [0, 0.05) is 0 Å². The summed E-state index contributed by atoms with van der Waals surface area (Å²) in [4.78, 5) is 4.06. The number of hydrogen-bond acceptors (Lipinski definition) is 4. The molecule has 2 aromatic rings. The third-order valence-electron chi connectivity index (χ3n) is 2.90. The van der Waals surface area contributed by atoms with Crippen molar-refractivity contribution < 1.29 is 8.42 Å². The average Bonchev–Trinajstić information content (AvgIpc) is 2.42. The summed E-state index contributed by atoms with van der Waals surface area (Å²) in [7, 11) is -3.80. The molecule has 108 valence electrons. The van der Waals surface area contributed by atoms with Crippen molar-refractivity contribution in [1.29, 1.82) is 5.26 Å². The Morgan fingerprint density at radius 2 is 1.95 bits per heavy atom. The van der Waals surface area contributed by atoms with E-state index in [0.29, 0.717) is 16.9 Å². The first-order valence-electron chi connectivity index (χ1n) is 6.00. The lowest BCUT2D eigenvalue weighted by atomic mass is 10.2. The Morgan fingerprint density at radius 1 is 1.24 bits per heavy atom. The van der Waals surface area contributed by atoms with Gasteiger partial charge in [0.1, 0.15) is 5.15 Å². The molecule has 1 aromatic heterocycles. The molecule has 0 spiro atoms. The maximum absolute atomic E-state index is 12.4. The van der Waals surface area contributed by atoms with E-state index in [9.17, 15) is 8.42 Å². The smallest absolute Gasteiger partial charge is 0.262 e. The third kappa shape index (κ3) is 3.32. The van der Waals surface area contributed by atoms with Crippen LogP contribution in [0.4, 0.5) is 5.69 Å². The zero-order chi connectivity index (χ0) is 15.6. The second kappa shape index (κ2) is 5.72. The molecule has 7 heteroatoms. The zero-order valence-electron chi connectivity index (χ0n) is 11.4. The standard InChI is InChI=1S/C14H12ClN3O2S/c1-9-3-4-11(8-16)7-13(9)21(19,20)18-12-5-6-14(15)17-10(12)2/h3-7,18H,1-2H3. The Hall–Kier alpha value is -2.10. The van der Waals surface area contributed by atoms with Crippen LogP contribution in [0.1, 0.15) is 16.8 Å². The molecule has 0 fully saturated rings. The summed E-state index contributed by atoms with van der Waals surface area (Å²) in [5.41, 5.74) is 1.66. The number of nitriles is 1. The minimum absolute atomic E-state index is 0.0656. The maximum Gasteiger partial charge on any atom is 0.262 e. The number of nitrogens with zero attached hydrogens (tertiary/aromatic N) is 2. The molecule has 1 N–H and O–H groups in total. The summed E-state index contributed by atoms with van der Waals surface area (Å²) in [6.45, 7) is 3.32. The molecule has 0 saturated carbocycles. The topological polar surface area (TPSA) is 82.8 Å². The van der Waals surface area contributed by atoms with Crippen LogP contribution in [0.2, 0.25) is 5.15 Å². The third-order valence-corrected chi connectivity index (χ3v) is 4.62. The lowest BCUT2D eigenvalue weighted by molar-refractivity contribution is 0.600. The number of aromatic nitrogens is 1. The summed E-state index contributed by atoms with van der Waals surface area (Å²) < 4.78 is 27.4. The molecule has 1 aromatic carbocycles. The minimum Gasteiger partial charge on any atom is -0.278 e. The number of aryl methyl sites for hydroxylation is 2. The first-order chi connectivity index (χ1) is 9.83. The summed E-state index contributed by atoms with van der Waals surface area (Å²) >= 11 is 5.75. The lowest BCUT2D eigenvalue weighted by Crippen LogP contribution is -2.15. The zero-order valence-corrected chi connectivity index (χ0v) is 13.0. The van der Waals surface area contributed by atoms with Crippen LogP contribution in [0.15, 0.2) is 35.2 Å². The van der Waals surface area contributed by atoms with Crippen LogP contribution in [0.3, 0.4) is 0 Å². The SMILES string of the molecule is Cc1ccc(C#N)cc1S(=O)(=O)Nc1ccc(Cl)nc1C. The number of hydrogen-bond donors (Lipinski definition) is 1. The van der Waals surface area contributed by atoms with Gasteiger partial charge in [0.15, 0.2) is 0 Å². The number of rotatable bonds is 3. The fraction of sp³-hybridized carbons (Fsp3) is 0.143. The molecule has 2 rings (SSSR count). The normalized spacial score (nSPS) is 11.0. The van der Waals surface area contributed by atoms with Crippen molar-refractivity contribution >= 4 is 27.3 Å². The molecule has 0 radical (unpaired) electrons. The Morgan fingerprint density at radius 3 is 2.57 bits per heavy atom. The van der Waals surface area contributed by atoms with Crippen molar-refractivity contribution in [2.45, 2.75) is 18.7 Å². The summed E-state index contributed by atoms with van der Waals surface area (Å²) in [5, 5.41) is 9.18. The van der Waals surface area contributed by atoms with Crippen molar-refractivity contribution in [3.05, 3.63) is 52.3 Å². The Balaban J connectivity index is 2.46. The van der Waals surface area contributed by atoms with Gasteiger partial charge in [0.2, 0.25) is 0 Å². The van der Waals surface area contributed by atoms with Gasteiger partial charge in [-0.3, -0.25) is 4.72 Å². The number of benzene rings is 1. The first kappa shape index (κ1) is 15.3. The molecule has 0 unspecified atom stereocenters. The van der Waals surface area contributed by atoms with Crippen LogP contribution in [0, 0.1) is 25.2 Å². The van der Waals surface area contributed by atoms with Crippen LogP contribution < -0.4 is 4.72 Å². The van der Waals surface area contributed by atoms with Crippen molar-refractivity contribution in [3.8, 4) is 6.07 Å². The monoisotopic (exact) mass is 321 g/mol. The number of anilines is 1. The van der Waals surface area contributed by atoms with Gasteiger partial charge >= 0.3 is 0 Å². The van der Waals surface area contributed by atoms with Gasteiger partial charge in [-0.1, -0.05) is 17.7 Å². The molecule has 0 aliphatic heterocycles. The lowest BCUT2D eigenvalue weighted by Gasteiger charge is -2.12. The molecular formula is C14H12ClN3O2S. The van der Waals surface area contributed by atoms with Gasteiger partial charge in [0.05, 0.1) is 27.9 Å². The predicted molar refractivity (Wildman–Crippen MR) is 80.7 cm³/mol. The second-order valence-corrected chi connectivity index (χ2v) is 6.50. The van der Waals surface area contributed by atoms with E-state index in [2.05, 4.69) is 9.71 Å². The van der Waals surface area contributed by atoms with Gasteiger partial charge in [-0.15, -0.1) is 0 Å². The van der Waals surface area contributed by atoms with E-state index in [4.69, 9.17) is 16.9 Å². The molecule has 0 amide bonds. The van der Waals surface area contributed by atoms with Gasteiger partial charge in [-0.25, -0.2) is 13.4 Å². The highest BCUT2D eigenvalue weighted by atomic mass is 35.5. The van der Waals surface area contributed by atoms with E-state index >= 15 is 0 Å². The molecule has 0 aliphatic rings. The van der Waals surface area contributed by atoms with E-state index < -0.39 is 10.0 Å². The van der Waals surface area contributed by atoms with Crippen molar-refractivity contribution in [2.24, 2.45) is 0 Å². The Bertz CT molecular complexity index is 842. The molecular weight excluding hydrogens is 310 g/mol. The quantitative estimate of drug-likeness (QED) is 0.881. The van der Waals surface area contributed by atoms with Gasteiger partial charge in [0.25, 0.3) is 10.0 Å². The highest BCUT2D eigenvalue weighted by Crippen LogP contribution is 2.23. The minimum atomic E-state index is -3.80. The molecule has 5 nitrogen and oxygen atoms in total. The van der Waals surface area contributed by atoms with Crippen LogP contribution >= 0.6 is 11.6 Å². The van der Waals surface area contributed by atoms with Gasteiger partial charge in [-0.05, 0) is 43.7 Å². The first-order valence-corrected chi connectivity index (χ1v) is 7.86. The van der Waals surface area contributed by atoms with Crippen LogP contribution in [0.5, 0.6) is 0 Å². The Kier molecular flexibility index (Phi) is 4.16. The van der Waals surface area contributed by atoms with Crippen molar-refractivity contribution in [2.75, 3.05) is 4.72 Å². The summed E-state index contributed by atoms with van der Waals surface area (Å²) in [6, 6.07) is 9.49. The molecule has 21 heavy (non-hydrogen) atoms. The average molecular weight is 322 g/mol. The molecule has 0 atom stereocenters. The fourth-order valence-corrected chi connectivity index (χ4v) is 3.38. The number of halogens is 1. The predicted octanol–water partition coefficient (Wildman–Crippen LogP) is 3.02. The van der Waals surface area contributed by atoms with E-state index in [-0.39, 0.29) is 15.6 Å². The number of nitrogens with one attached hydrogen (secondary N) is 1. The summed E-state index contributed by atoms with van der Waals surface area (Å²) in [5.74, 6) is 0. The van der Waals surface area contributed by atoms with Gasteiger partial charge < -0.3 is 0 Å². The molecule has 0 aliphatic carbocycles. The van der Waals surface area contributed by atoms with Crippen LogP contribution in [0.25, 0.3) is 0 Å². The van der Waals surface area contributed by atoms with Crippen molar-refractivity contribution in [3.63, 3.8) is 0 Å². The number of pyridine rings is 1. The van der Waals surface area contributed by atoms with E-state index in [0.717, 1.165) is 0 Å². The highest BCUT2D eigenvalue weighted by Gasteiger charge is 2.18.